The number of hydrogen-bond acceptors (Lipinski definition) is 4. The molecule has 3 aromatic heterocycles. The standard InChI is InChI=1S/C17H18N4OS/c1-11-13-10-15(23-17(13)20(2)19-11)16(22)21-9-3-4-14(21)12-5-7-18-8-6-12/h5-8,10,14H,3-4,9H2,1-2H3. The van der Waals surface area contributed by atoms with Crippen LogP contribution in [-0.2, 0) is 7.05 Å². The van der Waals surface area contributed by atoms with Crippen molar-refractivity contribution in [1.82, 2.24) is 19.7 Å². The molecule has 118 valence electrons. The van der Waals surface area contributed by atoms with Crippen LogP contribution in [0.3, 0.4) is 0 Å². The number of likely N-dealkylation sites (tertiary alicyclic amines) is 1. The molecular weight excluding hydrogens is 308 g/mol. The van der Waals surface area contributed by atoms with E-state index in [0.717, 1.165) is 40.2 Å². The third-order valence-corrected chi connectivity index (χ3v) is 5.70. The van der Waals surface area contributed by atoms with E-state index >= 15 is 0 Å². The van der Waals surface area contributed by atoms with E-state index in [0.29, 0.717) is 0 Å². The maximum Gasteiger partial charge on any atom is 0.264 e. The van der Waals surface area contributed by atoms with Crippen molar-refractivity contribution in [2.45, 2.75) is 25.8 Å². The molecular formula is C17H18N4OS. The first-order valence-corrected chi connectivity index (χ1v) is 8.61. The Kier molecular flexibility index (Phi) is 3.41. The number of thiophene rings is 1. The Labute approximate surface area is 138 Å². The lowest BCUT2D eigenvalue weighted by molar-refractivity contribution is 0.0740. The van der Waals surface area contributed by atoms with Crippen LogP contribution in [0.5, 0.6) is 0 Å². The van der Waals surface area contributed by atoms with Crippen molar-refractivity contribution in [3.05, 3.63) is 46.7 Å². The maximum absolute atomic E-state index is 13.0. The van der Waals surface area contributed by atoms with Crippen molar-refractivity contribution in [3.63, 3.8) is 0 Å². The number of hydrogen-bond donors (Lipinski definition) is 0. The summed E-state index contributed by atoms with van der Waals surface area (Å²) in [5, 5.41) is 5.49. The SMILES string of the molecule is Cc1nn(C)c2sc(C(=O)N3CCCC3c3ccncc3)cc12. The minimum atomic E-state index is 0.130. The molecule has 5 nitrogen and oxygen atoms in total. The molecule has 1 unspecified atom stereocenters. The highest BCUT2D eigenvalue weighted by Crippen LogP contribution is 2.35. The van der Waals surface area contributed by atoms with Gasteiger partial charge in [-0.2, -0.15) is 5.10 Å². The van der Waals surface area contributed by atoms with Gasteiger partial charge >= 0.3 is 0 Å². The molecule has 0 saturated carbocycles. The molecule has 0 spiro atoms. The van der Waals surface area contributed by atoms with E-state index in [-0.39, 0.29) is 11.9 Å². The summed E-state index contributed by atoms with van der Waals surface area (Å²) in [6.45, 7) is 2.80. The Balaban J connectivity index is 1.68. The Bertz CT molecular complexity index is 833. The van der Waals surface area contributed by atoms with Gasteiger partial charge in [-0.3, -0.25) is 14.5 Å². The van der Waals surface area contributed by atoms with E-state index in [1.165, 1.54) is 16.9 Å². The van der Waals surface area contributed by atoms with Gasteiger partial charge in [-0.05, 0) is 43.5 Å². The third-order valence-electron chi connectivity index (χ3n) is 4.51. The first-order valence-electron chi connectivity index (χ1n) is 7.79. The lowest BCUT2D eigenvalue weighted by Gasteiger charge is -2.24. The fourth-order valence-corrected chi connectivity index (χ4v) is 4.47. The van der Waals surface area contributed by atoms with E-state index in [2.05, 4.69) is 10.1 Å². The first-order chi connectivity index (χ1) is 11.1. The summed E-state index contributed by atoms with van der Waals surface area (Å²) in [5.74, 6) is 0.130. The second-order valence-corrected chi connectivity index (χ2v) is 7.01. The molecule has 23 heavy (non-hydrogen) atoms. The number of aromatic nitrogens is 3. The molecule has 1 aliphatic rings. The summed E-state index contributed by atoms with van der Waals surface area (Å²) in [6.07, 6.45) is 5.65. The Morgan fingerprint density at radius 3 is 2.87 bits per heavy atom. The van der Waals surface area contributed by atoms with Crippen molar-refractivity contribution in [2.24, 2.45) is 7.05 Å². The third kappa shape index (κ3) is 2.34. The average Bonchev–Trinajstić information content (AvgIpc) is 3.26. The zero-order valence-corrected chi connectivity index (χ0v) is 14.0. The topological polar surface area (TPSA) is 51.0 Å². The van der Waals surface area contributed by atoms with Crippen LogP contribution >= 0.6 is 11.3 Å². The number of carbonyl (C=O) groups excluding carboxylic acids is 1. The van der Waals surface area contributed by atoms with Crippen LogP contribution in [-0.4, -0.2) is 32.1 Å². The van der Waals surface area contributed by atoms with Crippen molar-refractivity contribution in [3.8, 4) is 0 Å². The summed E-state index contributed by atoms with van der Waals surface area (Å²) >= 11 is 1.53. The number of fused-ring (bicyclic) bond motifs is 1. The van der Waals surface area contributed by atoms with Crippen molar-refractivity contribution < 1.29 is 4.79 Å². The maximum atomic E-state index is 13.0. The monoisotopic (exact) mass is 326 g/mol. The van der Waals surface area contributed by atoms with Crippen LogP contribution in [0, 0.1) is 6.92 Å². The fraction of sp³-hybridized carbons (Fsp3) is 0.353. The van der Waals surface area contributed by atoms with Gasteiger partial charge in [-0.25, -0.2) is 0 Å². The lowest BCUT2D eigenvalue weighted by Crippen LogP contribution is -2.29. The van der Waals surface area contributed by atoms with Gasteiger partial charge < -0.3 is 4.90 Å². The Morgan fingerprint density at radius 2 is 2.13 bits per heavy atom. The molecule has 1 aliphatic heterocycles. The number of amides is 1. The molecule has 0 radical (unpaired) electrons. The van der Waals surface area contributed by atoms with Crippen molar-refractivity contribution >= 4 is 27.5 Å². The average molecular weight is 326 g/mol. The van der Waals surface area contributed by atoms with Crippen LogP contribution < -0.4 is 0 Å². The van der Waals surface area contributed by atoms with Gasteiger partial charge in [0.1, 0.15) is 4.83 Å². The largest absolute Gasteiger partial charge is 0.331 e. The fourth-order valence-electron chi connectivity index (χ4n) is 3.39. The lowest BCUT2D eigenvalue weighted by atomic mass is 10.1. The molecule has 1 saturated heterocycles. The molecule has 0 aliphatic carbocycles. The highest BCUT2D eigenvalue weighted by molar-refractivity contribution is 7.20. The summed E-state index contributed by atoms with van der Waals surface area (Å²) in [6, 6.07) is 6.17. The molecule has 1 fully saturated rings. The summed E-state index contributed by atoms with van der Waals surface area (Å²) in [5.41, 5.74) is 2.15. The van der Waals surface area contributed by atoms with E-state index in [4.69, 9.17) is 0 Å². The summed E-state index contributed by atoms with van der Waals surface area (Å²) in [4.78, 5) is 21.0. The highest BCUT2D eigenvalue weighted by Gasteiger charge is 2.31. The molecule has 3 aromatic rings. The van der Waals surface area contributed by atoms with Crippen LogP contribution in [0.1, 0.15) is 39.8 Å². The number of aryl methyl sites for hydroxylation is 2. The minimum Gasteiger partial charge on any atom is -0.331 e. The van der Waals surface area contributed by atoms with E-state index in [9.17, 15) is 4.79 Å². The normalized spacial score (nSPS) is 18.0. The number of nitrogens with zero attached hydrogens (tertiary/aromatic N) is 4. The first kappa shape index (κ1) is 14.4. The number of pyridine rings is 1. The Hall–Kier alpha value is -2.21. The predicted molar refractivity (Wildman–Crippen MR) is 90.6 cm³/mol. The molecule has 0 aromatic carbocycles. The van der Waals surface area contributed by atoms with Gasteiger partial charge in [0.05, 0.1) is 16.6 Å². The molecule has 4 heterocycles. The highest BCUT2D eigenvalue weighted by atomic mass is 32.1. The quantitative estimate of drug-likeness (QED) is 0.726. The summed E-state index contributed by atoms with van der Waals surface area (Å²) in [7, 11) is 1.93. The molecule has 0 N–H and O–H groups in total. The van der Waals surface area contributed by atoms with Gasteiger partial charge in [0.2, 0.25) is 0 Å². The van der Waals surface area contributed by atoms with Gasteiger partial charge in [-0.15, -0.1) is 11.3 Å². The number of rotatable bonds is 2. The van der Waals surface area contributed by atoms with Crippen LogP contribution in [0.4, 0.5) is 0 Å². The van der Waals surface area contributed by atoms with Crippen molar-refractivity contribution in [2.75, 3.05) is 6.54 Å². The van der Waals surface area contributed by atoms with E-state index in [1.54, 1.807) is 12.4 Å². The zero-order valence-electron chi connectivity index (χ0n) is 13.2. The second kappa shape index (κ2) is 5.45. The zero-order chi connectivity index (χ0) is 16.0. The molecule has 0 bridgehead atoms. The van der Waals surface area contributed by atoms with E-state index in [1.807, 2.05) is 41.8 Å². The molecule has 1 amide bonds. The van der Waals surface area contributed by atoms with Crippen LogP contribution in [0.15, 0.2) is 30.6 Å². The second-order valence-electron chi connectivity index (χ2n) is 5.98. The van der Waals surface area contributed by atoms with E-state index < -0.39 is 0 Å². The van der Waals surface area contributed by atoms with Gasteiger partial charge in [0.15, 0.2) is 0 Å². The van der Waals surface area contributed by atoms with Crippen molar-refractivity contribution in [1.29, 1.82) is 0 Å². The Morgan fingerprint density at radius 1 is 1.35 bits per heavy atom. The van der Waals surface area contributed by atoms with Gasteiger partial charge in [0.25, 0.3) is 5.91 Å². The smallest absolute Gasteiger partial charge is 0.264 e. The van der Waals surface area contributed by atoms with Crippen LogP contribution in [0.2, 0.25) is 0 Å². The van der Waals surface area contributed by atoms with Crippen LogP contribution in [0.25, 0.3) is 10.2 Å². The molecule has 6 heteroatoms. The minimum absolute atomic E-state index is 0.130. The molecule has 4 rings (SSSR count). The summed E-state index contributed by atoms with van der Waals surface area (Å²) < 4.78 is 1.86. The predicted octanol–water partition coefficient (Wildman–Crippen LogP) is 3.32. The van der Waals surface area contributed by atoms with Gasteiger partial charge in [-0.1, -0.05) is 0 Å². The van der Waals surface area contributed by atoms with Gasteiger partial charge in [0, 0.05) is 31.4 Å². The molecule has 1 atom stereocenters. The number of carbonyl (C=O) groups is 1.